The summed E-state index contributed by atoms with van der Waals surface area (Å²) in [5.41, 5.74) is 8.62. The Bertz CT molecular complexity index is 535. The fourth-order valence-corrected chi connectivity index (χ4v) is 2.40. The largest absolute Gasteiger partial charge is 0.371 e. The summed E-state index contributed by atoms with van der Waals surface area (Å²) in [5, 5.41) is 8.68. The second-order valence-electron chi connectivity index (χ2n) is 4.61. The predicted molar refractivity (Wildman–Crippen MR) is 74.9 cm³/mol. The molecule has 19 heavy (non-hydrogen) atoms. The highest BCUT2D eigenvalue weighted by Gasteiger charge is 2.32. The molecule has 1 aromatic carbocycles. The smallest absolute Gasteiger partial charge is 0.248 e. The van der Waals surface area contributed by atoms with Gasteiger partial charge in [0.1, 0.15) is 6.04 Å². The third-order valence-corrected chi connectivity index (χ3v) is 3.55. The van der Waals surface area contributed by atoms with Crippen molar-refractivity contribution in [2.45, 2.75) is 19.4 Å². The lowest BCUT2D eigenvalue weighted by atomic mass is 10.1. The molecule has 0 aromatic heterocycles. The molecule has 2 N–H and O–H groups in total. The summed E-state index contributed by atoms with van der Waals surface area (Å²) in [5.74, 6) is -0.0766. The number of carbonyl (C=O) groups is 1. The number of carbonyl (C=O) groups excluding carboxylic acids is 1. The molecule has 100 valence electrons. The van der Waals surface area contributed by atoms with E-state index in [-0.39, 0.29) is 5.91 Å². The molecule has 1 aromatic rings. The van der Waals surface area contributed by atoms with Gasteiger partial charge in [-0.15, -0.1) is 0 Å². The number of amides is 1. The van der Waals surface area contributed by atoms with Crippen molar-refractivity contribution in [2.24, 2.45) is 5.73 Å². The predicted octanol–water partition coefficient (Wildman–Crippen LogP) is 1.40. The lowest BCUT2D eigenvalue weighted by molar-refractivity contribution is -0.118. The number of likely N-dealkylation sites (N-methyl/N-ethyl adjacent to an activating group) is 1. The highest BCUT2D eigenvalue weighted by Crippen LogP contribution is 2.36. The maximum absolute atomic E-state index is 11.8. The van der Waals surface area contributed by atoms with Gasteiger partial charge in [-0.3, -0.25) is 4.79 Å². The van der Waals surface area contributed by atoms with E-state index in [1.54, 1.807) is 11.9 Å². The maximum atomic E-state index is 11.8. The first-order valence-electron chi connectivity index (χ1n) is 6.39. The minimum Gasteiger partial charge on any atom is -0.371 e. The van der Waals surface area contributed by atoms with E-state index in [1.807, 2.05) is 25.1 Å². The summed E-state index contributed by atoms with van der Waals surface area (Å²) in [6.45, 7) is 3.56. The quantitative estimate of drug-likeness (QED) is 0.886. The number of hydrogen-bond donors (Lipinski definition) is 1. The molecule has 0 saturated carbocycles. The van der Waals surface area contributed by atoms with E-state index < -0.39 is 6.04 Å². The third-order valence-electron chi connectivity index (χ3n) is 3.55. The molecule has 0 fully saturated rings. The van der Waals surface area contributed by atoms with Gasteiger partial charge < -0.3 is 15.5 Å². The van der Waals surface area contributed by atoms with Crippen LogP contribution in [0.1, 0.15) is 24.9 Å². The number of anilines is 2. The van der Waals surface area contributed by atoms with Crippen LogP contribution in [0.4, 0.5) is 11.4 Å². The maximum Gasteiger partial charge on any atom is 0.248 e. The summed E-state index contributed by atoms with van der Waals surface area (Å²) in [7, 11) is 1.74. The molecule has 1 aliphatic heterocycles. The van der Waals surface area contributed by atoms with Crippen molar-refractivity contribution < 1.29 is 4.79 Å². The molecule has 0 aliphatic carbocycles. The normalized spacial score (nSPS) is 17.3. The molecule has 0 spiro atoms. The van der Waals surface area contributed by atoms with Gasteiger partial charge in [-0.2, -0.15) is 5.26 Å². The van der Waals surface area contributed by atoms with Gasteiger partial charge in [0.25, 0.3) is 0 Å². The Hall–Kier alpha value is -2.06. The number of rotatable bonds is 4. The summed E-state index contributed by atoms with van der Waals surface area (Å²) in [6.07, 6.45) is 0.485. The average molecular weight is 258 g/mol. The second-order valence-corrected chi connectivity index (χ2v) is 4.61. The van der Waals surface area contributed by atoms with Gasteiger partial charge in [-0.25, -0.2) is 0 Å². The number of nitrogens with two attached hydrogens (primary N) is 1. The molecule has 0 radical (unpaired) electrons. The van der Waals surface area contributed by atoms with Crippen molar-refractivity contribution in [1.82, 2.24) is 0 Å². The van der Waals surface area contributed by atoms with Crippen LogP contribution in [0.3, 0.4) is 0 Å². The van der Waals surface area contributed by atoms with Gasteiger partial charge in [-0.05, 0) is 19.1 Å². The fraction of sp³-hybridized carbons (Fsp3) is 0.429. The van der Waals surface area contributed by atoms with Crippen LogP contribution in [0.2, 0.25) is 0 Å². The van der Waals surface area contributed by atoms with Gasteiger partial charge >= 0.3 is 0 Å². The zero-order valence-electron chi connectivity index (χ0n) is 11.3. The second kappa shape index (κ2) is 5.29. The van der Waals surface area contributed by atoms with Crippen LogP contribution in [0.5, 0.6) is 0 Å². The van der Waals surface area contributed by atoms with E-state index in [0.29, 0.717) is 13.0 Å². The number of nitrogens with zero attached hydrogens (tertiary/aromatic N) is 3. The molecule has 5 heteroatoms. The summed E-state index contributed by atoms with van der Waals surface area (Å²) in [6, 6.07) is 7.44. The lowest BCUT2D eigenvalue weighted by Gasteiger charge is -2.23. The van der Waals surface area contributed by atoms with Crippen molar-refractivity contribution >= 4 is 17.3 Å². The highest BCUT2D eigenvalue weighted by molar-refractivity contribution is 6.04. The van der Waals surface area contributed by atoms with Gasteiger partial charge in [0.05, 0.1) is 18.2 Å². The van der Waals surface area contributed by atoms with Crippen LogP contribution in [0.15, 0.2) is 18.2 Å². The van der Waals surface area contributed by atoms with Crippen LogP contribution in [0.25, 0.3) is 0 Å². The standard InChI is InChI=1S/C14H18N4O/c1-3-18(8-4-7-15)10-5-6-11-12(9-10)17(2)14(19)13(11)16/h5-6,9,13H,3-4,8,16H2,1-2H3. The molecular weight excluding hydrogens is 240 g/mol. The Labute approximate surface area is 113 Å². The molecule has 1 unspecified atom stereocenters. The van der Waals surface area contributed by atoms with Crippen molar-refractivity contribution in [2.75, 3.05) is 29.9 Å². The van der Waals surface area contributed by atoms with Crippen molar-refractivity contribution in [3.05, 3.63) is 23.8 Å². The lowest BCUT2D eigenvalue weighted by Crippen LogP contribution is -2.28. The Morgan fingerprint density at radius 1 is 1.53 bits per heavy atom. The minimum atomic E-state index is -0.553. The van der Waals surface area contributed by atoms with E-state index in [0.717, 1.165) is 23.5 Å². The monoisotopic (exact) mass is 258 g/mol. The van der Waals surface area contributed by atoms with Crippen LogP contribution >= 0.6 is 0 Å². The molecule has 1 aliphatic rings. The molecular formula is C14H18N4O. The van der Waals surface area contributed by atoms with Crippen LogP contribution < -0.4 is 15.5 Å². The number of benzene rings is 1. The molecule has 1 heterocycles. The molecule has 0 bridgehead atoms. The Morgan fingerprint density at radius 2 is 2.26 bits per heavy atom. The van der Waals surface area contributed by atoms with Gasteiger partial charge in [0.15, 0.2) is 0 Å². The Morgan fingerprint density at radius 3 is 2.89 bits per heavy atom. The van der Waals surface area contributed by atoms with Crippen molar-refractivity contribution in [3.8, 4) is 6.07 Å². The Kier molecular flexibility index (Phi) is 3.72. The van der Waals surface area contributed by atoms with E-state index >= 15 is 0 Å². The molecule has 2 rings (SSSR count). The van der Waals surface area contributed by atoms with E-state index in [4.69, 9.17) is 11.0 Å². The first-order chi connectivity index (χ1) is 9.10. The molecule has 0 saturated heterocycles. The number of nitriles is 1. The SMILES string of the molecule is CCN(CCC#N)c1ccc2c(c1)N(C)C(=O)C2N. The van der Waals surface area contributed by atoms with Gasteiger partial charge in [-0.1, -0.05) is 6.07 Å². The van der Waals surface area contributed by atoms with E-state index in [2.05, 4.69) is 11.0 Å². The molecule has 5 nitrogen and oxygen atoms in total. The molecule has 1 amide bonds. The van der Waals surface area contributed by atoms with Gasteiger partial charge in [0, 0.05) is 31.4 Å². The third kappa shape index (κ3) is 2.27. The zero-order valence-corrected chi connectivity index (χ0v) is 11.3. The highest BCUT2D eigenvalue weighted by atomic mass is 16.2. The van der Waals surface area contributed by atoms with Crippen molar-refractivity contribution in [1.29, 1.82) is 5.26 Å². The minimum absolute atomic E-state index is 0.0766. The van der Waals surface area contributed by atoms with Gasteiger partial charge in [0.2, 0.25) is 5.91 Å². The summed E-state index contributed by atoms with van der Waals surface area (Å²) in [4.78, 5) is 15.5. The Balaban J connectivity index is 2.32. The first-order valence-corrected chi connectivity index (χ1v) is 6.39. The number of fused-ring (bicyclic) bond motifs is 1. The molecule has 1 atom stereocenters. The van der Waals surface area contributed by atoms with Crippen LogP contribution in [0, 0.1) is 11.3 Å². The average Bonchev–Trinajstić information content (AvgIpc) is 2.65. The van der Waals surface area contributed by atoms with Crippen LogP contribution in [-0.2, 0) is 4.79 Å². The first kappa shape index (κ1) is 13.4. The summed E-state index contributed by atoms with van der Waals surface area (Å²) >= 11 is 0. The van der Waals surface area contributed by atoms with E-state index in [9.17, 15) is 4.79 Å². The fourth-order valence-electron chi connectivity index (χ4n) is 2.40. The van der Waals surface area contributed by atoms with E-state index in [1.165, 1.54) is 0 Å². The number of hydrogen-bond acceptors (Lipinski definition) is 4. The topological polar surface area (TPSA) is 73.4 Å². The summed E-state index contributed by atoms with van der Waals surface area (Å²) < 4.78 is 0. The van der Waals surface area contributed by atoms with Crippen molar-refractivity contribution in [3.63, 3.8) is 0 Å². The zero-order chi connectivity index (χ0) is 14.0. The van der Waals surface area contributed by atoms with Crippen LogP contribution in [-0.4, -0.2) is 26.0 Å².